The highest BCUT2D eigenvalue weighted by Crippen LogP contribution is 2.28. The highest BCUT2D eigenvalue weighted by atomic mass is 79.9. The van der Waals surface area contributed by atoms with Crippen LogP contribution in [0.15, 0.2) is 39.4 Å². The van der Waals surface area contributed by atoms with Gasteiger partial charge in [-0.3, -0.25) is 4.79 Å². The van der Waals surface area contributed by atoms with Gasteiger partial charge in [0, 0.05) is 36.0 Å². The molecule has 0 radical (unpaired) electrons. The van der Waals surface area contributed by atoms with Gasteiger partial charge in [-0.1, -0.05) is 34.1 Å². The number of hydrogen-bond donors (Lipinski definition) is 2. The van der Waals surface area contributed by atoms with Gasteiger partial charge in [-0.15, -0.1) is 24.8 Å². The van der Waals surface area contributed by atoms with Crippen LogP contribution in [0.2, 0.25) is 0 Å². The molecular weight excluding hydrogens is 405 g/mol. The van der Waals surface area contributed by atoms with E-state index in [1.807, 2.05) is 31.3 Å². The van der Waals surface area contributed by atoms with Crippen LogP contribution in [0.5, 0.6) is 0 Å². The molecule has 2 N–H and O–H groups in total. The molecule has 0 atom stereocenters. The lowest BCUT2D eigenvalue weighted by molar-refractivity contribution is -0.121. The molecule has 2 aromatic rings. The summed E-state index contributed by atoms with van der Waals surface area (Å²) in [4.78, 5) is 15.8. The number of carbonyl (C=O) groups excluding carboxylic acids is 1. The van der Waals surface area contributed by atoms with Crippen molar-refractivity contribution in [1.82, 2.24) is 15.6 Å². The Morgan fingerprint density at radius 2 is 2.00 bits per heavy atom. The lowest BCUT2D eigenvalue weighted by Crippen LogP contribution is -2.30. The lowest BCUT2D eigenvalue weighted by atomic mass is 10.2. The second kappa shape index (κ2) is 11.5. The van der Waals surface area contributed by atoms with Crippen LogP contribution in [0.4, 0.5) is 0 Å². The van der Waals surface area contributed by atoms with Crippen molar-refractivity contribution in [1.29, 1.82) is 0 Å². The van der Waals surface area contributed by atoms with E-state index >= 15 is 0 Å². The standard InChI is InChI=1S/C15H18BrN3O2.2ClH/c1-17-8-9-18-14(20)6-7-15-19-10-13(21-15)11-4-2-3-5-12(11)16;;/h2-5,10,17H,6-9H2,1H3,(H,18,20);2*1H. The first-order chi connectivity index (χ1) is 10.2. The Hall–Kier alpha value is -1.08. The Kier molecular flexibility index (Phi) is 10.9. The molecule has 0 saturated heterocycles. The molecule has 0 fully saturated rings. The Balaban J connectivity index is 0.00000242. The third-order valence-corrected chi connectivity index (χ3v) is 3.65. The monoisotopic (exact) mass is 423 g/mol. The van der Waals surface area contributed by atoms with Crippen molar-refractivity contribution in [2.24, 2.45) is 0 Å². The van der Waals surface area contributed by atoms with Crippen molar-refractivity contribution >= 4 is 46.7 Å². The summed E-state index contributed by atoms with van der Waals surface area (Å²) in [5.74, 6) is 1.28. The molecule has 0 spiro atoms. The molecule has 0 bridgehead atoms. The molecule has 1 aromatic heterocycles. The number of nitrogens with zero attached hydrogens (tertiary/aromatic N) is 1. The maximum absolute atomic E-state index is 11.6. The second-order valence-electron chi connectivity index (χ2n) is 4.55. The minimum atomic E-state index is 0. The third kappa shape index (κ3) is 6.91. The second-order valence-corrected chi connectivity index (χ2v) is 5.41. The molecule has 23 heavy (non-hydrogen) atoms. The molecular formula is C15H20BrCl2N3O2. The van der Waals surface area contributed by atoms with Crippen LogP contribution in [0.25, 0.3) is 11.3 Å². The third-order valence-electron chi connectivity index (χ3n) is 2.96. The number of nitrogens with one attached hydrogen (secondary N) is 2. The zero-order chi connectivity index (χ0) is 15.1. The van der Waals surface area contributed by atoms with Gasteiger partial charge < -0.3 is 15.1 Å². The largest absolute Gasteiger partial charge is 0.441 e. The number of aromatic nitrogens is 1. The molecule has 5 nitrogen and oxygen atoms in total. The predicted molar refractivity (Wildman–Crippen MR) is 99.4 cm³/mol. The van der Waals surface area contributed by atoms with Gasteiger partial charge in [-0.05, 0) is 13.1 Å². The molecule has 128 valence electrons. The van der Waals surface area contributed by atoms with E-state index in [4.69, 9.17) is 4.42 Å². The molecule has 0 aliphatic rings. The van der Waals surface area contributed by atoms with Crippen LogP contribution in [-0.4, -0.2) is 31.0 Å². The van der Waals surface area contributed by atoms with E-state index in [2.05, 4.69) is 31.5 Å². The fourth-order valence-corrected chi connectivity index (χ4v) is 2.33. The number of rotatable bonds is 7. The number of benzene rings is 1. The Labute approximate surface area is 156 Å². The number of aryl methyl sites for hydroxylation is 1. The van der Waals surface area contributed by atoms with E-state index < -0.39 is 0 Å². The van der Waals surface area contributed by atoms with Crippen LogP contribution in [0.1, 0.15) is 12.3 Å². The molecule has 8 heteroatoms. The van der Waals surface area contributed by atoms with Crippen LogP contribution >= 0.6 is 40.7 Å². The first-order valence-corrected chi connectivity index (χ1v) is 7.61. The smallest absolute Gasteiger partial charge is 0.220 e. The fourth-order valence-electron chi connectivity index (χ4n) is 1.85. The average Bonchev–Trinajstić information content (AvgIpc) is 2.94. The van der Waals surface area contributed by atoms with Gasteiger partial charge in [0.15, 0.2) is 11.7 Å². The molecule has 0 aliphatic carbocycles. The van der Waals surface area contributed by atoms with Crippen LogP contribution in [-0.2, 0) is 11.2 Å². The summed E-state index contributed by atoms with van der Waals surface area (Å²) >= 11 is 3.48. The van der Waals surface area contributed by atoms with Crippen molar-refractivity contribution in [3.63, 3.8) is 0 Å². The van der Waals surface area contributed by atoms with E-state index in [1.54, 1.807) is 6.20 Å². The van der Waals surface area contributed by atoms with Gasteiger partial charge in [0.2, 0.25) is 5.91 Å². The SMILES string of the molecule is CNCCNC(=O)CCc1ncc(-c2ccccc2Br)o1.Cl.Cl. The molecule has 0 unspecified atom stereocenters. The highest BCUT2D eigenvalue weighted by molar-refractivity contribution is 9.10. The number of oxazole rings is 1. The normalized spacial score (nSPS) is 9.65. The molecule has 1 amide bonds. The Bertz CT molecular complexity index is 608. The van der Waals surface area contributed by atoms with E-state index in [0.29, 0.717) is 31.0 Å². The van der Waals surface area contributed by atoms with Gasteiger partial charge in [-0.2, -0.15) is 0 Å². The summed E-state index contributed by atoms with van der Waals surface area (Å²) in [6.07, 6.45) is 2.56. The van der Waals surface area contributed by atoms with Crippen molar-refractivity contribution in [3.05, 3.63) is 40.8 Å². The highest BCUT2D eigenvalue weighted by Gasteiger charge is 2.10. The van der Waals surface area contributed by atoms with Gasteiger partial charge in [0.05, 0.1) is 6.20 Å². The van der Waals surface area contributed by atoms with E-state index in [1.165, 1.54) is 0 Å². The van der Waals surface area contributed by atoms with Crippen molar-refractivity contribution in [2.45, 2.75) is 12.8 Å². The lowest BCUT2D eigenvalue weighted by Gasteiger charge is -2.03. The van der Waals surface area contributed by atoms with Crippen LogP contribution in [0, 0.1) is 0 Å². The zero-order valence-electron chi connectivity index (χ0n) is 12.7. The number of hydrogen-bond acceptors (Lipinski definition) is 4. The molecule has 2 rings (SSSR count). The minimum Gasteiger partial charge on any atom is -0.441 e. The molecule has 0 aliphatic heterocycles. The minimum absolute atomic E-state index is 0. The number of likely N-dealkylation sites (N-methyl/N-ethyl adjacent to an activating group) is 1. The van der Waals surface area contributed by atoms with E-state index in [9.17, 15) is 4.79 Å². The maximum Gasteiger partial charge on any atom is 0.220 e. The first kappa shape index (κ1) is 21.9. The average molecular weight is 425 g/mol. The fraction of sp³-hybridized carbons (Fsp3) is 0.333. The zero-order valence-corrected chi connectivity index (χ0v) is 15.9. The molecule has 1 heterocycles. The summed E-state index contributed by atoms with van der Waals surface area (Å²) in [5.41, 5.74) is 0.953. The summed E-state index contributed by atoms with van der Waals surface area (Å²) < 4.78 is 6.65. The van der Waals surface area contributed by atoms with Crippen molar-refractivity contribution < 1.29 is 9.21 Å². The Morgan fingerprint density at radius 1 is 1.26 bits per heavy atom. The molecule has 1 aromatic carbocycles. The van der Waals surface area contributed by atoms with Crippen molar-refractivity contribution in [3.8, 4) is 11.3 Å². The van der Waals surface area contributed by atoms with Crippen LogP contribution in [0.3, 0.4) is 0 Å². The number of amides is 1. The number of carbonyl (C=O) groups is 1. The molecule has 0 saturated carbocycles. The maximum atomic E-state index is 11.6. The van der Waals surface area contributed by atoms with Crippen molar-refractivity contribution in [2.75, 3.05) is 20.1 Å². The topological polar surface area (TPSA) is 67.2 Å². The van der Waals surface area contributed by atoms with Gasteiger partial charge in [0.1, 0.15) is 0 Å². The summed E-state index contributed by atoms with van der Waals surface area (Å²) in [7, 11) is 1.85. The van der Waals surface area contributed by atoms with Gasteiger partial charge in [0.25, 0.3) is 0 Å². The van der Waals surface area contributed by atoms with E-state index in [-0.39, 0.29) is 30.7 Å². The Morgan fingerprint density at radius 3 is 2.70 bits per heavy atom. The van der Waals surface area contributed by atoms with Gasteiger partial charge in [-0.25, -0.2) is 4.98 Å². The van der Waals surface area contributed by atoms with E-state index in [0.717, 1.165) is 16.6 Å². The number of halogens is 3. The summed E-state index contributed by atoms with van der Waals surface area (Å²) in [5, 5.41) is 5.80. The summed E-state index contributed by atoms with van der Waals surface area (Å²) in [6, 6.07) is 7.80. The quantitative estimate of drug-likeness (QED) is 0.669. The predicted octanol–water partition coefficient (Wildman–Crippen LogP) is 3.22. The summed E-state index contributed by atoms with van der Waals surface area (Å²) in [6.45, 7) is 1.39. The first-order valence-electron chi connectivity index (χ1n) is 6.81. The van der Waals surface area contributed by atoms with Gasteiger partial charge >= 0.3 is 0 Å². The van der Waals surface area contributed by atoms with Crippen LogP contribution < -0.4 is 10.6 Å².